The average molecular weight is 681 g/mol. The molecule has 4 aromatic rings. The summed E-state index contributed by atoms with van der Waals surface area (Å²) < 4.78 is 27.6. The second-order valence-electron chi connectivity index (χ2n) is 14.6. The lowest BCUT2D eigenvalue weighted by Crippen LogP contribution is -2.14. The Balaban J connectivity index is 1.72. The van der Waals surface area contributed by atoms with E-state index in [2.05, 4.69) is 77.9 Å². The highest BCUT2D eigenvalue weighted by atomic mass is 16.5. The molecular weight excluding hydrogens is 617 g/mol. The number of hydrogen-bond acceptors (Lipinski definition) is 4. The lowest BCUT2D eigenvalue weighted by Gasteiger charge is -2.35. The van der Waals surface area contributed by atoms with E-state index < -0.39 is 0 Å². The van der Waals surface area contributed by atoms with E-state index in [1.54, 1.807) is 0 Å². The van der Waals surface area contributed by atoms with Crippen molar-refractivity contribution in [2.75, 3.05) is 26.4 Å². The van der Waals surface area contributed by atoms with Gasteiger partial charge in [-0.05, 0) is 51.7 Å². The SMILES string of the molecule is CCCCCCOc1c2c(c(OCCCCCC)c3cc(C)ccc13)-c1c-2c(OCCCCCC)c2cc(C)ccc2c1OCCCCCC. The smallest absolute Gasteiger partial charge is 0.136 e. The van der Waals surface area contributed by atoms with Crippen molar-refractivity contribution in [1.29, 1.82) is 0 Å². The molecule has 272 valence electrons. The molecular formula is C46H64O4. The van der Waals surface area contributed by atoms with Crippen LogP contribution >= 0.6 is 0 Å². The fourth-order valence-electron chi connectivity index (χ4n) is 7.38. The molecule has 4 heteroatoms. The second kappa shape index (κ2) is 19.3. The Hall–Kier alpha value is -3.40. The number of unbranched alkanes of at least 4 members (excludes halogenated alkanes) is 12. The highest BCUT2D eigenvalue weighted by molar-refractivity contribution is 6.24. The van der Waals surface area contributed by atoms with Gasteiger partial charge in [-0.3, -0.25) is 0 Å². The van der Waals surface area contributed by atoms with Crippen LogP contribution in [0.3, 0.4) is 0 Å². The molecule has 0 N–H and O–H groups in total. The molecule has 0 aliphatic heterocycles. The number of fused-ring (bicyclic) bond motifs is 6. The maximum absolute atomic E-state index is 6.91. The van der Waals surface area contributed by atoms with Crippen LogP contribution in [0.4, 0.5) is 0 Å². The van der Waals surface area contributed by atoms with Gasteiger partial charge in [-0.25, -0.2) is 0 Å². The first-order valence-electron chi connectivity index (χ1n) is 20.3. The number of aryl methyl sites for hydroxylation is 2. The minimum absolute atomic E-state index is 0.697. The van der Waals surface area contributed by atoms with Crippen molar-refractivity contribution >= 4 is 21.5 Å². The zero-order chi connectivity index (χ0) is 35.3. The Labute approximate surface area is 303 Å². The van der Waals surface area contributed by atoms with Gasteiger partial charge in [0.25, 0.3) is 0 Å². The first kappa shape index (κ1) is 37.8. The maximum atomic E-state index is 6.91. The van der Waals surface area contributed by atoms with Gasteiger partial charge < -0.3 is 18.9 Å². The van der Waals surface area contributed by atoms with Crippen LogP contribution in [0.1, 0.15) is 142 Å². The predicted molar refractivity (Wildman–Crippen MR) is 214 cm³/mol. The van der Waals surface area contributed by atoms with E-state index in [0.29, 0.717) is 26.4 Å². The summed E-state index contributed by atoms with van der Waals surface area (Å²) in [7, 11) is 0. The molecule has 0 fully saturated rings. The second-order valence-corrected chi connectivity index (χ2v) is 14.6. The van der Waals surface area contributed by atoms with Crippen molar-refractivity contribution in [2.45, 2.75) is 144 Å². The summed E-state index contributed by atoms with van der Waals surface area (Å²) in [6, 6.07) is 13.5. The molecule has 0 atom stereocenters. The van der Waals surface area contributed by atoms with Crippen molar-refractivity contribution in [3.05, 3.63) is 47.5 Å². The Morgan fingerprint density at radius 1 is 0.340 bits per heavy atom. The summed E-state index contributed by atoms with van der Waals surface area (Å²) in [6.07, 6.45) is 18.7. The molecule has 4 aromatic carbocycles. The van der Waals surface area contributed by atoms with Crippen molar-refractivity contribution in [2.24, 2.45) is 0 Å². The van der Waals surface area contributed by atoms with E-state index in [1.807, 2.05) is 0 Å². The summed E-state index contributed by atoms with van der Waals surface area (Å²) in [6.45, 7) is 16.2. The third kappa shape index (κ3) is 8.72. The molecule has 0 unspecified atom stereocenters. The lowest BCUT2D eigenvalue weighted by atomic mass is 9.74. The van der Waals surface area contributed by atoms with Crippen LogP contribution in [0.5, 0.6) is 23.0 Å². The Bertz CT molecular complexity index is 1550. The van der Waals surface area contributed by atoms with E-state index in [-0.39, 0.29) is 0 Å². The van der Waals surface area contributed by atoms with E-state index in [4.69, 9.17) is 18.9 Å². The van der Waals surface area contributed by atoms with E-state index in [1.165, 1.54) is 88.2 Å². The summed E-state index contributed by atoms with van der Waals surface area (Å²) in [4.78, 5) is 0. The Kier molecular flexibility index (Phi) is 14.6. The number of rotatable bonds is 24. The van der Waals surface area contributed by atoms with Crippen molar-refractivity contribution in [1.82, 2.24) is 0 Å². The van der Waals surface area contributed by atoms with Crippen molar-refractivity contribution < 1.29 is 18.9 Å². The summed E-state index contributed by atoms with van der Waals surface area (Å²) >= 11 is 0. The van der Waals surface area contributed by atoms with Crippen LogP contribution in [-0.4, -0.2) is 26.4 Å². The molecule has 0 spiro atoms. The molecule has 0 radical (unpaired) electrons. The quantitative estimate of drug-likeness (QED) is 0.0608. The topological polar surface area (TPSA) is 36.9 Å². The van der Waals surface area contributed by atoms with Gasteiger partial charge in [0.05, 0.1) is 26.4 Å². The standard InChI is InChI=1S/C46H64O4/c1-7-11-15-19-27-47-43-35-25-23-33(5)31-37(35)45(49-29-21-17-13-9-3)41-39(43)42-40(41)44(48-28-20-16-12-8-2)36-26-24-34(6)32-38(36)46(42)50-30-22-18-14-10-4/h23-26,31-32H,7-22,27-30H2,1-6H3. The molecule has 0 amide bonds. The minimum Gasteiger partial charge on any atom is -0.492 e. The first-order chi connectivity index (χ1) is 24.5. The number of benzene rings is 4. The van der Waals surface area contributed by atoms with Gasteiger partial charge in [-0.15, -0.1) is 0 Å². The van der Waals surface area contributed by atoms with E-state index in [9.17, 15) is 0 Å². The van der Waals surface area contributed by atoms with Crippen LogP contribution in [0.25, 0.3) is 43.8 Å². The minimum atomic E-state index is 0.697. The monoisotopic (exact) mass is 680 g/mol. The molecule has 1 aliphatic rings. The zero-order valence-corrected chi connectivity index (χ0v) is 32.2. The molecule has 0 aromatic heterocycles. The molecule has 0 saturated carbocycles. The van der Waals surface area contributed by atoms with Gasteiger partial charge in [0, 0.05) is 43.8 Å². The Morgan fingerprint density at radius 3 is 0.900 bits per heavy atom. The van der Waals surface area contributed by atoms with Gasteiger partial charge in [0.1, 0.15) is 23.0 Å². The molecule has 0 heterocycles. The van der Waals surface area contributed by atoms with Crippen molar-refractivity contribution in [3.8, 4) is 45.3 Å². The van der Waals surface area contributed by atoms with Gasteiger partial charge >= 0.3 is 0 Å². The molecule has 1 aliphatic carbocycles. The van der Waals surface area contributed by atoms with Crippen LogP contribution in [0.2, 0.25) is 0 Å². The molecule has 0 bridgehead atoms. The van der Waals surface area contributed by atoms with Crippen LogP contribution in [0, 0.1) is 13.8 Å². The Morgan fingerprint density at radius 2 is 0.620 bits per heavy atom. The van der Waals surface area contributed by atoms with E-state index >= 15 is 0 Å². The maximum Gasteiger partial charge on any atom is 0.136 e. The lowest BCUT2D eigenvalue weighted by molar-refractivity contribution is 0.297. The normalized spacial score (nSPS) is 11.8. The van der Waals surface area contributed by atoms with Gasteiger partial charge in [0.15, 0.2) is 0 Å². The van der Waals surface area contributed by atoms with Crippen LogP contribution in [-0.2, 0) is 0 Å². The summed E-state index contributed by atoms with van der Waals surface area (Å²) in [5.74, 6) is 3.87. The van der Waals surface area contributed by atoms with E-state index in [0.717, 1.165) is 92.5 Å². The first-order valence-corrected chi connectivity index (χ1v) is 20.3. The van der Waals surface area contributed by atoms with Crippen LogP contribution in [0.15, 0.2) is 36.4 Å². The molecule has 50 heavy (non-hydrogen) atoms. The summed E-state index contributed by atoms with van der Waals surface area (Å²) in [5, 5.41) is 4.51. The third-order valence-corrected chi connectivity index (χ3v) is 10.2. The van der Waals surface area contributed by atoms with Gasteiger partial charge in [0.2, 0.25) is 0 Å². The van der Waals surface area contributed by atoms with Gasteiger partial charge in [-0.1, -0.05) is 140 Å². The van der Waals surface area contributed by atoms with Crippen molar-refractivity contribution in [3.63, 3.8) is 0 Å². The highest BCUT2D eigenvalue weighted by Gasteiger charge is 2.40. The fraction of sp³-hybridized carbons (Fsp3) is 0.565. The molecule has 4 nitrogen and oxygen atoms in total. The fourth-order valence-corrected chi connectivity index (χ4v) is 7.38. The molecule has 0 saturated heterocycles. The zero-order valence-electron chi connectivity index (χ0n) is 32.2. The third-order valence-electron chi connectivity index (χ3n) is 10.2. The summed E-state index contributed by atoms with van der Waals surface area (Å²) in [5.41, 5.74) is 6.99. The largest absolute Gasteiger partial charge is 0.492 e. The van der Waals surface area contributed by atoms with Gasteiger partial charge in [-0.2, -0.15) is 0 Å². The molecule has 5 rings (SSSR count). The van der Waals surface area contributed by atoms with Crippen LogP contribution < -0.4 is 18.9 Å². The number of hydrogen-bond donors (Lipinski definition) is 0. The number of ether oxygens (including phenoxy) is 4. The predicted octanol–water partition coefficient (Wildman–Crippen LogP) is 14.1. The average Bonchev–Trinajstić information content (AvgIpc) is 3.10. The highest BCUT2D eigenvalue weighted by Crippen LogP contribution is 2.67.